The van der Waals surface area contributed by atoms with Gasteiger partial charge in [-0.05, 0) is 9.91 Å². The SMILES string of the molecule is O=[N+]([O-])c1ncc(S(=O)(=O)Cl)c(OC(F)(F)F)c1O. The number of aromatic hydroxyl groups is 1. The maximum atomic E-state index is 12.1. The first kappa shape index (κ1) is 15.2. The summed E-state index contributed by atoms with van der Waals surface area (Å²) in [7, 11) is 0.0317. The Kier molecular flexibility index (Phi) is 3.77. The molecule has 1 rings (SSSR count). The standard InChI is InChI=1S/C6H2ClF3N2O6S/c7-19(16,17)2-1-11-5(12(14)15)3(13)4(2)18-6(8,9)10/h1,13H. The Morgan fingerprint density at radius 1 is 1.47 bits per heavy atom. The monoisotopic (exact) mass is 322 g/mol. The van der Waals surface area contributed by atoms with Crippen molar-refractivity contribution in [3.05, 3.63) is 16.3 Å². The van der Waals surface area contributed by atoms with Crippen LogP contribution >= 0.6 is 10.7 Å². The summed E-state index contributed by atoms with van der Waals surface area (Å²) in [6.45, 7) is 0. The van der Waals surface area contributed by atoms with Gasteiger partial charge in [-0.2, -0.15) is 0 Å². The molecule has 0 saturated heterocycles. The third kappa shape index (κ3) is 3.57. The number of hydrogen-bond acceptors (Lipinski definition) is 7. The van der Waals surface area contributed by atoms with Crippen molar-refractivity contribution in [1.29, 1.82) is 0 Å². The molecule has 106 valence electrons. The summed E-state index contributed by atoms with van der Waals surface area (Å²) in [6.07, 6.45) is -5.23. The molecular formula is C6H2ClF3N2O6S. The van der Waals surface area contributed by atoms with Crippen LogP contribution in [0.25, 0.3) is 0 Å². The molecule has 0 aromatic carbocycles. The molecule has 13 heteroatoms. The molecule has 8 nitrogen and oxygen atoms in total. The van der Waals surface area contributed by atoms with Crippen molar-refractivity contribution in [2.75, 3.05) is 0 Å². The van der Waals surface area contributed by atoms with Gasteiger partial charge in [-0.3, -0.25) is 0 Å². The fraction of sp³-hybridized carbons (Fsp3) is 0.167. The van der Waals surface area contributed by atoms with Crippen LogP contribution in [0.5, 0.6) is 11.5 Å². The summed E-state index contributed by atoms with van der Waals surface area (Å²) in [4.78, 5) is 10.6. The van der Waals surface area contributed by atoms with Crippen LogP contribution in [0, 0.1) is 10.1 Å². The number of rotatable bonds is 3. The van der Waals surface area contributed by atoms with E-state index in [0.29, 0.717) is 0 Å². The molecule has 0 unspecified atom stereocenters. The maximum Gasteiger partial charge on any atom is 0.573 e. The van der Waals surface area contributed by atoms with Crippen LogP contribution in [0.3, 0.4) is 0 Å². The zero-order valence-corrected chi connectivity index (χ0v) is 9.95. The van der Waals surface area contributed by atoms with Gasteiger partial charge in [0.15, 0.2) is 11.1 Å². The number of nitrogens with zero attached hydrogens (tertiary/aromatic N) is 2. The van der Waals surface area contributed by atoms with Gasteiger partial charge in [0.1, 0.15) is 0 Å². The van der Waals surface area contributed by atoms with Crippen LogP contribution in [0.1, 0.15) is 0 Å². The molecule has 0 radical (unpaired) electrons. The molecule has 0 aliphatic rings. The molecule has 0 bridgehead atoms. The fourth-order valence-corrected chi connectivity index (χ4v) is 1.85. The third-order valence-electron chi connectivity index (χ3n) is 1.61. The Bertz CT molecular complexity index is 631. The molecule has 0 aliphatic carbocycles. The van der Waals surface area contributed by atoms with Crippen molar-refractivity contribution >= 4 is 25.6 Å². The van der Waals surface area contributed by atoms with Crippen molar-refractivity contribution < 1.29 is 36.4 Å². The quantitative estimate of drug-likeness (QED) is 0.509. The zero-order chi connectivity index (χ0) is 15.0. The Morgan fingerprint density at radius 2 is 2.00 bits per heavy atom. The van der Waals surface area contributed by atoms with E-state index in [9.17, 15) is 36.8 Å². The van der Waals surface area contributed by atoms with Crippen LogP contribution < -0.4 is 4.74 Å². The lowest BCUT2D eigenvalue weighted by Gasteiger charge is -2.11. The predicted octanol–water partition coefficient (Wildman–Crippen LogP) is 1.52. The van der Waals surface area contributed by atoms with Crippen molar-refractivity contribution in [2.45, 2.75) is 11.3 Å². The Balaban J connectivity index is 3.60. The lowest BCUT2D eigenvalue weighted by atomic mass is 10.4. The first-order valence-corrected chi connectivity index (χ1v) is 6.31. The highest BCUT2D eigenvalue weighted by molar-refractivity contribution is 8.13. The first-order valence-electron chi connectivity index (χ1n) is 4.00. The molecule has 1 aromatic rings. The normalized spacial score (nSPS) is 12.2. The summed E-state index contributed by atoms with van der Waals surface area (Å²) in [5, 5.41) is 19.6. The molecule has 1 heterocycles. The first-order chi connectivity index (χ1) is 8.43. The van der Waals surface area contributed by atoms with Crippen LogP contribution in [0.4, 0.5) is 19.0 Å². The van der Waals surface area contributed by atoms with Gasteiger partial charge in [-0.1, -0.05) is 0 Å². The van der Waals surface area contributed by atoms with Crippen LogP contribution in [0.15, 0.2) is 11.1 Å². The van der Waals surface area contributed by atoms with Gasteiger partial charge in [0.2, 0.25) is 5.75 Å². The number of alkyl halides is 3. The van der Waals surface area contributed by atoms with Crippen LogP contribution in [0.2, 0.25) is 0 Å². The smallest absolute Gasteiger partial charge is 0.498 e. The second kappa shape index (κ2) is 4.70. The molecular weight excluding hydrogens is 321 g/mol. The summed E-state index contributed by atoms with van der Waals surface area (Å²) in [5.41, 5.74) is 0. The Hall–Kier alpha value is -1.82. The van der Waals surface area contributed by atoms with Crippen molar-refractivity contribution in [3.63, 3.8) is 0 Å². The molecule has 1 aromatic heterocycles. The van der Waals surface area contributed by atoms with Gasteiger partial charge >= 0.3 is 12.2 Å². The average Bonchev–Trinajstić information content (AvgIpc) is 2.16. The summed E-state index contributed by atoms with van der Waals surface area (Å²) in [5.74, 6) is -4.84. The van der Waals surface area contributed by atoms with Crippen molar-refractivity contribution in [2.24, 2.45) is 0 Å². The number of nitro groups is 1. The minimum Gasteiger partial charge on any atom is -0.498 e. The minimum atomic E-state index is -5.40. The largest absolute Gasteiger partial charge is 0.573 e. The van der Waals surface area contributed by atoms with Crippen LogP contribution in [-0.2, 0) is 9.05 Å². The second-order valence-corrected chi connectivity index (χ2v) is 5.40. The number of halogens is 4. The average molecular weight is 323 g/mol. The third-order valence-corrected chi connectivity index (χ3v) is 2.92. The van der Waals surface area contributed by atoms with Gasteiger partial charge in [0, 0.05) is 10.7 Å². The number of hydrogen-bond donors (Lipinski definition) is 1. The summed E-state index contributed by atoms with van der Waals surface area (Å²) < 4.78 is 61.3. The van der Waals surface area contributed by atoms with E-state index in [1.165, 1.54) is 0 Å². The van der Waals surface area contributed by atoms with Gasteiger partial charge in [0.05, 0.1) is 0 Å². The van der Waals surface area contributed by atoms with E-state index < -0.39 is 42.5 Å². The van der Waals surface area contributed by atoms with E-state index in [2.05, 4.69) is 9.72 Å². The number of pyridine rings is 1. The lowest BCUT2D eigenvalue weighted by Crippen LogP contribution is -2.19. The van der Waals surface area contributed by atoms with Gasteiger partial charge < -0.3 is 20.0 Å². The van der Waals surface area contributed by atoms with E-state index in [-0.39, 0.29) is 6.20 Å². The van der Waals surface area contributed by atoms with Crippen LogP contribution in [-0.4, -0.2) is 29.8 Å². The molecule has 0 spiro atoms. The zero-order valence-electron chi connectivity index (χ0n) is 8.38. The molecule has 0 fully saturated rings. The summed E-state index contributed by atoms with van der Waals surface area (Å²) >= 11 is 0. The van der Waals surface area contributed by atoms with E-state index in [4.69, 9.17) is 10.7 Å². The van der Waals surface area contributed by atoms with E-state index in [0.717, 1.165) is 0 Å². The van der Waals surface area contributed by atoms with Gasteiger partial charge in [0.25, 0.3) is 14.8 Å². The molecule has 0 saturated carbocycles. The summed E-state index contributed by atoms with van der Waals surface area (Å²) in [6, 6.07) is 0. The molecule has 1 N–H and O–H groups in total. The Labute approximate surface area is 107 Å². The Morgan fingerprint density at radius 3 is 2.37 bits per heavy atom. The van der Waals surface area contributed by atoms with E-state index in [1.807, 2.05) is 0 Å². The fourth-order valence-electron chi connectivity index (χ4n) is 0.979. The highest BCUT2D eigenvalue weighted by atomic mass is 35.7. The van der Waals surface area contributed by atoms with Gasteiger partial charge in [-0.25, -0.2) is 8.42 Å². The molecule has 0 atom stereocenters. The molecule has 0 amide bonds. The van der Waals surface area contributed by atoms with Crippen molar-refractivity contribution in [3.8, 4) is 11.5 Å². The van der Waals surface area contributed by atoms with E-state index in [1.54, 1.807) is 0 Å². The number of ether oxygens (including phenoxy) is 1. The second-order valence-electron chi connectivity index (χ2n) is 2.87. The topological polar surface area (TPSA) is 120 Å². The number of aromatic nitrogens is 1. The predicted molar refractivity (Wildman–Crippen MR) is 52.3 cm³/mol. The maximum absolute atomic E-state index is 12.1. The van der Waals surface area contributed by atoms with E-state index >= 15 is 0 Å². The minimum absolute atomic E-state index is 0.168. The van der Waals surface area contributed by atoms with Crippen molar-refractivity contribution in [1.82, 2.24) is 4.98 Å². The molecule has 0 aliphatic heterocycles. The lowest BCUT2D eigenvalue weighted by molar-refractivity contribution is -0.390. The van der Waals surface area contributed by atoms with Gasteiger partial charge in [-0.15, -0.1) is 13.2 Å². The molecule has 19 heavy (non-hydrogen) atoms. The highest BCUT2D eigenvalue weighted by Gasteiger charge is 2.39. The highest BCUT2D eigenvalue weighted by Crippen LogP contribution is 2.42.